The van der Waals surface area contributed by atoms with E-state index < -0.39 is 0 Å². The number of rotatable bonds is 0. The molecule has 1 aromatic carbocycles. The molecule has 0 spiro atoms. The molecule has 0 radical (unpaired) electrons. The second-order valence-electron chi connectivity index (χ2n) is 3.78. The van der Waals surface area contributed by atoms with E-state index in [1.807, 2.05) is 26.8 Å². The van der Waals surface area contributed by atoms with Gasteiger partial charge in [-0.25, -0.2) is 9.37 Å². The summed E-state index contributed by atoms with van der Waals surface area (Å²) >= 11 is 6.17. The standard InChI is InChI=1S/C12H11ClFN/c1-6-4-9-11(13)7(2)8(3)15-12(9)10(14)5-6/h4-5H,1-3H3. The van der Waals surface area contributed by atoms with Gasteiger partial charge >= 0.3 is 0 Å². The predicted octanol–water partition coefficient (Wildman–Crippen LogP) is 3.95. The Morgan fingerprint density at radius 3 is 2.53 bits per heavy atom. The monoisotopic (exact) mass is 223 g/mol. The molecule has 0 aliphatic rings. The molecule has 2 rings (SSSR count). The maximum atomic E-state index is 13.6. The highest BCUT2D eigenvalue weighted by Crippen LogP contribution is 2.29. The van der Waals surface area contributed by atoms with Crippen LogP contribution in [0.25, 0.3) is 10.9 Å². The lowest BCUT2D eigenvalue weighted by Gasteiger charge is -2.08. The molecule has 0 atom stereocenters. The first-order chi connectivity index (χ1) is 7.00. The van der Waals surface area contributed by atoms with Crippen LogP contribution >= 0.6 is 11.6 Å². The molecule has 0 aliphatic heterocycles. The number of aryl methyl sites for hydroxylation is 2. The number of aromatic nitrogens is 1. The van der Waals surface area contributed by atoms with Crippen LogP contribution in [0.4, 0.5) is 4.39 Å². The number of hydrogen-bond acceptors (Lipinski definition) is 1. The average Bonchev–Trinajstić information content (AvgIpc) is 2.17. The number of pyridine rings is 1. The molecule has 1 nitrogen and oxygen atoms in total. The average molecular weight is 224 g/mol. The molecule has 1 heterocycles. The molecule has 2 aromatic rings. The second-order valence-corrected chi connectivity index (χ2v) is 4.16. The highest BCUT2D eigenvalue weighted by Gasteiger charge is 2.11. The number of fused-ring (bicyclic) bond motifs is 1. The molecule has 0 N–H and O–H groups in total. The van der Waals surface area contributed by atoms with Crippen LogP contribution in [0, 0.1) is 26.6 Å². The van der Waals surface area contributed by atoms with Gasteiger partial charge in [-0.1, -0.05) is 11.6 Å². The van der Waals surface area contributed by atoms with Crippen molar-refractivity contribution in [1.29, 1.82) is 0 Å². The van der Waals surface area contributed by atoms with Gasteiger partial charge in [0.15, 0.2) is 0 Å². The lowest BCUT2D eigenvalue weighted by atomic mass is 10.1. The van der Waals surface area contributed by atoms with E-state index in [0.717, 1.165) is 16.8 Å². The number of nitrogens with zero attached hydrogens (tertiary/aromatic N) is 1. The van der Waals surface area contributed by atoms with E-state index >= 15 is 0 Å². The summed E-state index contributed by atoms with van der Waals surface area (Å²) in [6, 6.07) is 3.33. The molecule has 0 saturated heterocycles. The zero-order chi connectivity index (χ0) is 11.2. The van der Waals surface area contributed by atoms with Crippen molar-refractivity contribution in [3.8, 4) is 0 Å². The van der Waals surface area contributed by atoms with Crippen molar-refractivity contribution in [2.75, 3.05) is 0 Å². The summed E-state index contributed by atoms with van der Waals surface area (Å²) in [5.41, 5.74) is 2.89. The van der Waals surface area contributed by atoms with Crippen LogP contribution in [0.1, 0.15) is 16.8 Å². The van der Waals surface area contributed by atoms with Crippen molar-refractivity contribution in [3.63, 3.8) is 0 Å². The molecule has 15 heavy (non-hydrogen) atoms. The second kappa shape index (κ2) is 3.46. The van der Waals surface area contributed by atoms with Gasteiger partial charge in [0.25, 0.3) is 0 Å². The molecule has 0 amide bonds. The van der Waals surface area contributed by atoms with Crippen LogP contribution in [-0.2, 0) is 0 Å². The Balaban J connectivity index is 2.98. The zero-order valence-electron chi connectivity index (χ0n) is 8.86. The first-order valence-corrected chi connectivity index (χ1v) is 5.11. The van der Waals surface area contributed by atoms with Gasteiger partial charge in [0.2, 0.25) is 0 Å². The summed E-state index contributed by atoms with van der Waals surface area (Å²) in [6.07, 6.45) is 0. The minimum Gasteiger partial charge on any atom is -0.250 e. The van der Waals surface area contributed by atoms with Gasteiger partial charge in [-0.05, 0) is 44.0 Å². The van der Waals surface area contributed by atoms with Crippen LogP contribution in [0.5, 0.6) is 0 Å². The normalized spacial score (nSPS) is 11.0. The number of halogens is 2. The van der Waals surface area contributed by atoms with E-state index in [2.05, 4.69) is 4.98 Å². The first-order valence-electron chi connectivity index (χ1n) is 4.73. The third-order valence-corrected chi connectivity index (χ3v) is 3.08. The quantitative estimate of drug-likeness (QED) is 0.659. The Labute approximate surface area is 92.9 Å². The highest BCUT2D eigenvalue weighted by atomic mass is 35.5. The van der Waals surface area contributed by atoms with Gasteiger partial charge in [0, 0.05) is 11.1 Å². The Kier molecular flexibility index (Phi) is 2.39. The van der Waals surface area contributed by atoms with Crippen LogP contribution in [0.3, 0.4) is 0 Å². The molecular formula is C12H11ClFN. The van der Waals surface area contributed by atoms with Crippen LogP contribution in [-0.4, -0.2) is 4.98 Å². The maximum absolute atomic E-state index is 13.6. The third kappa shape index (κ3) is 1.59. The van der Waals surface area contributed by atoms with E-state index in [1.54, 1.807) is 0 Å². The predicted molar refractivity (Wildman–Crippen MR) is 60.9 cm³/mol. The minimum atomic E-state index is -0.310. The first kappa shape index (κ1) is 10.4. The molecule has 0 unspecified atom stereocenters. The van der Waals surface area contributed by atoms with E-state index in [4.69, 9.17) is 11.6 Å². The summed E-state index contributed by atoms with van der Waals surface area (Å²) < 4.78 is 13.6. The number of benzene rings is 1. The smallest absolute Gasteiger partial charge is 0.149 e. The van der Waals surface area contributed by atoms with Crippen molar-refractivity contribution in [2.24, 2.45) is 0 Å². The molecule has 0 saturated carbocycles. The van der Waals surface area contributed by atoms with Crippen molar-refractivity contribution < 1.29 is 4.39 Å². The molecule has 0 aliphatic carbocycles. The largest absolute Gasteiger partial charge is 0.250 e. The van der Waals surface area contributed by atoms with Crippen LogP contribution in [0.2, 0.25) is 5.02 Å². The van der Waals surface area contributed by atoms with Gasteiger partial charge in [0.05, 0.1) is 5.02 Å². The molecule has 1 aromatic heterocycles. The van der Waals surface area contributed by atoms with E-state index in [-0.39, 0.29) is 5.82 Å². The van der Waals surface area contributed by atoms with E-state index in [9.17, 15) is 4.39 Å². The summed E-state index contributed by atoms with van der Waals surface area (Å²) in [4.78, 5) is 4.22. The lowest BCUT2D eigenvalue weighted by Crippen LogP contribution is -1.94. The lowest BCUT2D eigenvalue weighted by molar-refractivity contribution is 0.635. The summed E-state index contributed by atoms with van der Waals surface area (Å²) in [7, 11) is 0. The zero-order valence-corrected chi connectivity index (χ0v) is 9.61. The topological polar surface area (TPSA) is 12.9 Å². The minimum absolute atomic E-state index is 0.310. The van der Waals surface area contributed by atoms with E-state index in [0.29, 0.717) is 15.9 Å². The molecule has 3 heteroatoms. The Bertz CT molecular complexity index is 549. The van der Waals surface area contributed by atoms with Gasteiger partial charge in [-0.15, -0.1) is 0 Å². The fourth-order valence-electron chi connectivity index (χ4n) is 1.63. The third-order valence-electron chi connectivity index (χ3n) is 2.60. The maximum Gasteiger partial charge on any atom is 0.149 e. The Morgan fingerprint density at radius 2 is 1.87 bits per heavy atom. The fourth-order valence-corrected chi connectivity index (χ4v) is 1.91. The van der Waals surface area contributed by atoms with Crippen LogP contribution in [0.15, 0.2) is 12.1 Å². The number of hydrogen-bond donors (Lipinski definition) is 0. The highest BCUT2D eigenvalue weighted by molar-refractivity contribution is 6.36. The summed E-state index contributed by atoms with van der Waals surface area (Å²) in [6.45, 7) is 5.57. The fraction of sp³-hybridized carbons (Fsp3) is 0.250. The SMILES string of the molecule is Cc1cc(F)c2nc(C)c(C)c(Cl)c2c1. The molecule has 78 valence electrons. The van der Waals surface area contributed by atoms with Crippen LogP contribution < -0.4 is 0 Å². The van der Waals surface area contributed by atoms with Crippen molar-refractivity contribution in [3.05, 3.63) is 39.8 Å². The van der Waals surface area contributed by atoms with Gasteiger partial charge in [-0.2, -0.15) is 0 Å². The van der Waals surface area contributed by atoms with E-state index in [1.165, 1.54) is 6.07 Å². The Hall–Kier alpha value is -1.15. The van der Waals surface area contributed by atoms with Gasteiger partial charge < -0.3 is 0 Å². The molecule has 0 bridgehead atoms. The van der Waals surface area contributed by atoms with Crippen molar-refractivity contribution >= 4 is 22.5 Å². The van der Waals surface area contributed by atoms with Gasteiger partial charge in [-0.3, -0.25) is 0 Å². The van der Waals surface area contributed by atoms with Gasteiger partial charge in [0.1, 0.15) is 11.3 Å². The summed E-state index contributed by atoms with van der Waals surface area (Å²) in [5.74, 6) is -0.310. The summed E-state index contributed by atoms with van der Waals surface area (Å²) in [5, 5.41) is 1.29. The molecular weight excluding hydrogens is 213 g/mol. The Morgan fingerprint density at radius 1 is 1.20 bits per heavy atom. The van der Waals surface area contributed by atoms with Crippen molar-refractivity contribution in [1.82, 2.24) is 4.98 Å². The molecule has 0 fully saturated rings. The van der Waals surface area contributed by atoms with Crippen molar-refractivity contribution in [2.45, 2.75) is 20.8 Å².